The number of likely N-dealkylation sites (N-methyl/N-ethyl adjacent to an activating group) is 1. The molecule has 1 aromatic rings. The lowest BCUT2D eigenvalue weighted by molar-refractivity contribution is 0.244. The van der Waals surface area contributed by atoms with Crippen molar-refractivity contribution in [3.8, 4) is 12.1 Å². The van der Waals surface area contributed by atoms with E-state index in [2.05, 4.69) is 11.4 Å². The van der Waals surface area contributed by atoms with Gasteiger partial charge in [0.1, 0.15) is 0 Å². The number of nitrogens with zero attached hydrogens (tertiary/aromatic N) is 3. The molecule has 1 aromatic carbocycles. The molecule has 0 unspecified atom stereocenters. The van der Waals surface area contributed by atoms with Crippen molar-refractivity contribution in [1.82, 2.24) is 10.2 Å². The highest BCUT2D eigenvalue weighted by atomic mass is 32.2. The number of nitriles is 2. The summed E-state index contributed by atoms with van der Waals surface area (Å²) in [5.41, 5.74) is 2.13. The fourth-order valence-electron chi connectivity index (χ4n) is 3.18. The third kappa shape index (κ3) is 3.39. The molecule has 25 heavy (non-hydrogen) atoms. The molecule has 0 amide bonds. The summed E-state index contributed by atoms with van der Waals surface area (Å²) in [4.78, 5) is 2.08. The molecule has 1 saturated carbocycles. The molecule has 6 nitrogen and oxygen atoms in total. The van der Waals surface area contributed by atoms with Crippen molar-refractivity contribution in [2.75, 3.05) is 19.5 Å². The fraction of sp³-hybridized carbons (Fsp3) is 0.444. The summed E-state index contributed by atoms with van der Waals surface area (Å²) >= 11 is 0. The van der Waals surface area contributed by atoms with Gasteiger partial charge >= 0.3 is 0 Å². The third-order valence-electron chi connectivity index (χ3n) is 4.76. The number of hydrogen-bond acceptors (Lipinski definition) is 6. The average molecular weight is 356 g/mol. The molecule has 1 fully saturated rings. The zero-order chi connectivity index (χ0) is 18.2. The second kappa shape index (κ2) is 6.51. The molecule has 3 rings (SSSR count). The van der Waals surface area contributed by atoms with Crippen LogP contribution in [0.25, 0.3) is 0 Å². The van der Waals surface area contributed by atoms with E-state index < -0.39 is 15.9 Å². The van der Waals surface area contributed by atoms with Crippen LogP contribution in [0.1, 0.15) is 36.9 Å². The number of benzene rings is 1. The number of allylic oxidation sites excluding steroid dienone is 1. The van der Waals surface area contributed by atoms with Gasteiger partial charge in [0, 0.05) is 5.70 Å². The SMILES string of the molecule is CC1=C(C#N)[C@@H](c2ccc(C#N)cc2S(=O)(=O)CC2CC2)N(C)CN1. The maximum Gasteiger partial charge on any atom is 0.179 e. The van der Waals surface area contributed by atoms with E-state index in [1.54, 1.807) is 12.1 Å². The van der Waals surface area contributed by atoms with E-state index >= 15 is 0 Å². The lowest BCUT2D eigenvalue weighted by Crippen LogP contribution is -2.40. The first-order valence-electron chi connectivity index (χ1n) is 8.19. The van der Waals surface area contributed by atoms with Gasteiger partial charge in [0.15, 0.2) is 9.84 Å². The maximum absolute atomic E-state index is 13.0. The van der Waals surface area contributed by atoms with Crippen molar-refractivity contribution in [2.45, 2.75) is 30.7 Å². The minimum atomic E-state index is -3.51. The monoisotopic (exact) mass is 356 g/mol. The van der Waals surface area contributed by atoms with Crippen LogP contribution in [0.15, 0.2) is 34.4 Å². The Morgan fingerprint density at radius 3 is 2.60 bits per heavy atom. The van der Waals surface area contributed by atoms with Crippen LogP contribution in [0.3, 0.4) is 0 Å². The van der Waals surface area contributed by atoms with Crippen LogP contribution in [0, 0.1) is 28.6 Å². The predicted molar refractivity (Wildman–Crippen MR) is 92.8 cm³/mol. The highest BCUT2D eigenvalue weighted by molar-refractivity contribution is 7.91. The van der Waals surface area contributed by atoms with E-state index in [0.717, 1.165) is 18.5 Å². The molecule has 1 atom stereocenters. The Morgan fingerprint density at radius 1 is 1.28 bits per heavy atom. The minimum absolute atomic E-state index is 0.105. The van der Waals surface area contributed by atoms with E-state index in [-0.39, 0.29) is 16.6 Å². The van der Waals surface area contributed by atoms with Crippen molar-refractivity contribution in [2.24, 2.45) is 5.92 Å². The minimum Gasteiger partial charge on any atom is -0.375 e. The molecule has 0 spiro atoms. The van der Waals surface area contributed by atoms with Crippen molar-refractivity contribution in [3.05, 3.63) is 40.6 Å². The van der Waals surface area contributed by atoms with Gasteiger partial charge in [-0.2, -0.15) is 10.5 Å². The van der Waals surface area contributed by atoms with Gasteiger partial charge in [-0.25, -0.2) is 8.42 Å². The van der Waals surface area contributed by atoms with Gasteiger partial charge in [-0.1, -0.05) is 6.07 Å². The Bertz CT molecular complexity index is 917. The molecule has 1 aliphatic heterocycles. The molecule has 130 valence electrons. The van der Waals surface area contributed by atoms with Crippen molar-refractivity contribution >= 4 is 9.84 Å². The molecule has 7 heteroatoms. The van der Waals surface area contributed by atoms with Crippen molar-refractivity contribution < 1.29 is 8.42 Å². The summed E-state index contributed by atoms with van der Waals surface area (Å²) in [5, 5.41) is 21.9. The van der Waals surface area contributed by atoms with E-state index in [1.807, 2.05) is 24.9 Å². The van der Waals surface area contributed by atoms with Gasteiger partial charge in [0.05, 0.1) is 46.6 Å². The van der Waals surface area contributed by atoms with Crippen LogP contribution in [0.5, 0.6) is 0 Å². The number of nitrogens with one attached hydrogen (secondary N) is 1. The van der Waals surface area contributed by atoms with Crippen LogP contribution in [0.2, 0.25) is 0 Å². The molecule has 0 bridgehead atoms. The summed E-state index contributed by atoms with van der Waals surface area (Å²) < 4.78 is 25.9. The first kappa shape index (κ1) is 17.5. The predicted octanol–water partition coefficient (Wildman–Crippen LogP) is 2.07. The zero-order valence-electron chi connectivity index (χ0n) is 14.3. The van der Waals surface area contributed by atoms with E-state index in [4.69, 9.17) is 0 Å². The normalized spacial score (nSPS) is 21.4. The molecule has 1 aliphatic carbocycles. The van der Waals surface area contributed by atoms with E-state index in [9.17, 15) is 18.9 Å². The summed E-state index contributed by atoms with van der Waals surface area (Å²) in [5.74, 6) is 0.316. The van der Waals surface area contributed by atoms with Gasteiger partial charge in [-0.15, -0.1) is 0 Å². The average Bonchev–Trinajstić information content (AvgIpc) is 3.39. The molecular formula is C18H20N4O2S. The Morgan fingerprint density at radius 2 is 2.00 bits per heavy atom. The largest absolute Gasteiger partial charge is 0.375 e. The lowest BCUT2D eigenvalue weighted by atomic mass is 9.94. The van der Waals surface area contributed by atoms with Gasteiger partial charge in [-0.05, 0) is 50.4 Å². The molecule has 2 aliphatic rings. The maximum atomic E-state index is 13.0. The smallest absolute Gasteiger partial charge is 0.179 e. The number of rotatable bonds is 4. The van der Waals surface area contributed by atoms with Crippen LogP contribution in [-0.2, 0) is 9.84 Å². The topological polar surface area (TPSA) is 97.0 Å². The Labute approximate surface area is 148 Å². The zero-order valence-corrected chi connectivity index (χ0v) is 15.1. The lowest BCUT2D eigenvalue weighted by Gasteiger charge is -2.35. The molecule has 0 radical (unpaired) electrons. The number of sulfone groups is 1. The Kier molecular flexibility index (Phi) is 4.55. The van der Waals surface area contributed by atoms with E-state index in [0.29, 0.717) is 23.4 Å². The van der Waals surface area contributed by atoms with Crippen LogP contribution < -0.4 is 5.32 Å². The molecule has 1 N–H and O–H groups in total. The van der Waals surface area contributed by atoms with Crippen molar-refractivity contribution in [3.63, 3.8) is 0 Å². The summed E-state index contributed by atoms with van der Waals surface area (Å²) in [6.45, 7) is 2.34. The fourth-order valence-corrected chi connectivity index (χ4v) is 5.16. The van der Waals surface area contributed by atoms with Gasteiger partial charge in [-0.3, -0.25) is 4.90 Å². The summed E-state index contributed by atoms with van der Waals surface area (Å²) in [7, 11) is -1.67. The highest BCUT2D eigenvalue weighted by Crippen LogP contribution is 2.38. The number of hydrogen-bond donors (Lipinski definition) is 1. The second-order valence-corrected chi connectivity index (χ2v) is 8.74. The van der Waals surface area contributed by atoms with Gasteiger partial charge in [0.25, 0.3) is 0 Å². The Balaban J connectivity index is 2.17. The molecule has 1 heterocycles. The quantitative estimate of drug-likeness (QED) is 0.887. The first-order valence-corrected chi connectivity index (χ1v) is 9.84. The van der Waals surface area contributed by atoms with Gasteiger partial charge in [0.2, 0.25) is 0 Å². The third-order valence-corrected chi connectivity index (χ3v) is 6.69. The molecule has 0 aromatic heterocycles. The second-order valence-electron chi connectivity index (χ2n) is 6.73. The van der Waals surface area contributed by atoms with E-state index in [1.165, 1.54) is 6.07 Å². The molecule has 0 saturated heterocycles. The summed E-state index contributed by atoms with van der Waals surface area (Å²) in [6, 6.07) is 8.53. The first-order chi connectivity index (χ1) is 11.9. The van der Waals surface area contributed by atoms with Crippen LogP contribution >= 0.6 is 0 Å². The van der Waals surface area contributed by atoms with Crippen LogP contribution in [-0.4, -0.2) is 32.8 Å². The molecular weight excluding hydrogens is 336 g/mol. The van der Waals surface area contributed by atoms with Gasteiger partial charge < -0.3 is 5.32 Å². The highest BCUT2D eigenvalue weighted by Gasteiger charge is 2.35. The summed E-state index contributed by atoms with van der Waals surface area (Å²) in [6.07, 6.45) is 1.87. The van der Waals surface area contributed by atoms with Crippen LogP contribution in [0.4, 0.5) is 0 Å². The van der Waals surface area contributed by atoms with Crippen molar-refractivity contribution in [1.29, 1.82) is 10.5 Å². The standard InChI is InChI=1S/C18H20N4O2S/c1-12-16(9-20)18(22(2)11-21-12)15-6-5-14(8-19)7-17(15)25(23,24)10-13-3-4-13/h5-7,13,18,21H,3-4,10-11H2,1-2H3/t18-/m1/s1. The Hall–Kier alpha value is -2.35.